The molecule has 86 valence electrons. The summed E-state index contributed by atoms with van der Waals surface area (Å²) in [5.41, 5.74) is 0. The highest BCUT2D eigenvalue weighted by molar-refractivity contribution is 7.89. The zero-order valence-corrected chi connectivity index (χ0v) is 9.66. The molecule has 1 saturated heterocycles. The maximum Gasteiger partial charge on any atom is 0.215 e. The Morgan fingerprint density at radius 2 is 2.33 bits per heavy atom. The van der Waals surface area contributed by atoms with Gasteiger partial charge in [0.15, 0.2) is 0 Å². The highest BCUT2D eigenvalue weighted by Crippen LogP contribution is 2.20. The van der Waals surface area contributed by atoms with E-state index in [9.17, 15) is 8.42 Å². The van der Waals surface area contributed by atoms with Gasteiger partial charge in [-0.3, -0.25) is 0 Å². The zero-order valence-electron chi connectivity index (χ0n) is 8.85. The predicted octanol–water partition coefficient (Wildman–Crippen LogP) is 0.341. The van der Waals surface area contributed by atoms with Crippen molar-refractivity contribution in [3.05, 3.63) is 0 Å². The number of hydrogen-bond acceptors (Lipinski definition) is 4. The minimum Gasteiger partial charge on any atom is -0.385 e. The molecule has 0 spiro atoms. The van der Waals surface area contributed by atoms with Crippen LogP contribution in [-0.2, 0) is 14.8 Å². The van der Waals surface area contributed by atoms with Gasteiger partial charge in [-0.25, -0.2) is 8.42 Å². The van der Waals surface area contributed by atoms with Gasteiger partial charge in [-0.2, -0.15) is 9.57 Å². The molecular weight excluding hydrogens is 216 g/mol. The van der Waals surface area contributed by atoms with Crippen molar-refractivity contribution in [2.24, 2.45) is 0 Å². The highest BCUT2D eigenvalue weighted by atomic mass is 32.2. The quantitative estimate of drug-likeness (QED) is 0.641. The normalized spacial score (nSPS) is 22.8. The molecular formula is C9H16N2O3S. The van der Waals surface area contributed by atoms with Crippen molar-refractivity contribution in [3.8, 4) is 6.07 Å². The molecule has 1 fully saturated rings. The molecule has 0 radical (unpaired) electrons. The molecule has 0 aromatic rings. The summed E-state index contributed by atoms with van der Waals surface area (Å²) in [6.07, 6.45) is 1.91. The maximum absolute atomic E-state index is 11.8. The number of hydrogen-bond donors (Lipinski definition) is 0. The fraction of sp³-hybridized carbons (Fsp3) is 0.889. The molecule has 0 aliphatic carbocycles. The van der Waals surface area contributed by atoms with Crippen LogP contribution in [-0.4, -0.2) is 44.8 Å². The molecule has 0 aromatic carbocycles. The van der Waals surface area contributed by atoms with Gasteiger partial charge in [0.25, 0.3) is 0 Å². The van der Waals surface area contributed by atoms with E-state index in [4.69, 9.17) is 10.00 Å². The van der Waals surface area contributed by atoms with Crippen molar-refractivity contribution >= 4 is 10.0 Å². The van der Waals surface area contributed by atoms with E-state index in [1.165, 1.54) is 4.31 Å². The third-order valence-electron chi connectivity index (χ3n) is 2.46. The first-order valence-corrected chi connectivity index (χ1v) is 6.61. The number of nitriles is 1. The van der Waals surface area contributed by atoms with Crippen molar-refractivity contribution in [2.45, 2.75) is 25.3 Å². The first kappa shape index (κ1) is 12.4. The SMILES string of the molecule is COCCCS(=O)(=O)N1CCCC1C#N. The Labute approximate surface area is 90.7 Å². The summed E-state index contributed by atoms with van der Waals surface area (Å²) in [6.45, 7) is 0.915. The van der Waals surface area contributed by atoms with E-state index in [0.717, 1.165) is 6.42 Å². The number of ether oxygens (including phenoxy) is 1. The van der Waals surface area contributed by atoms with Crippen LogP contribution in [0.15, 0.2) is 0 Å². The van der Waals surface area contributed by atoms with Crippen molar-refractivity contribution in [3.63, 3.8) is 0 Å². The van der Waals surface area contributed by atoms with Crippen LogP contribution < -0.4 is 0 Å². The van der Waals surface area contributed by atoms with Crippen LogP contribution in [0.2, 0.25) is 0 Å². The Morgan fingerprint density at radius 1 is 1.60 bits per heavy atom. The fourth-order valence-electron chi connectivity index (χ4n) is 1.71. The summed E-state index contributed by atoms with van der Waals surface area (Å²) >= 11 is 0. The number of rotatable bonds is 5. The average molecular weight is 232 g/mol. The summed E-state index contributed by atoms with van der Waals surface area (Å²) < 4.78 is 29.7. The van der Waals surface area contributed by atoms with Gasteiger partial charge >= 0.3 is 0 Å². The lowest BCUT2D eigenvalue weighted by atomic mass is 10.2. The van der Waals surface area contributed by atoms with E-state index in [2.05, 4.69) is 0 Å². The summed E-state index contributed by atoms with van der Waals surface area (Å²) in [7, 11) is -1.72. The van der Waals surface area contributed by atoms with Crippen molar-refractivity contribution < 1.29 is 13.2 Å². The number of sulfonamides is 1. The van der Waals surface area contributed by atoms with Crippen LogP contribution in [0.5, 0.6) is 0 Å². The largest absolute Gasteiger partial charge is 0.385 e. The minimum atomic E-state index is -3.26. The van der Waals surface area contributed by atoms with Gasteiger partial charge < -0.3 is 4.74 Å². The van der Waals surface area contributed by atoms with E-state index in [0.29, 0.717) is 26.0 Å². The molecule has 1 rings (SSSR count). The van der Waals surface area contributed by atoms with Crippen LogP contribution in [0.25, 0.3) is 0 Å². The molecule has 1 heterocycles. The number of methoxy groups -OCH3 is 1. The van der Waals surface area contributed by atoms with E-state index in [1.807, 2.05) is 6.07 Å². The van der Waals surface area contributed by atoms with Crippen molar-refractivity contribution in [1.82, 2.24) is 4.31 Å². The Morgan fingerprint density at radius 3 is 2.93 bits per heavy atom. The summed E-state index contributed by atoms with van der Waals surface area (Å²) in [6, 6.07) is 1.57. The van der Waals surface area contributed by atoms with Gasteiger partial charge in [0, 0.05) is 20.3 Å². The first-order valence-electron chi connectivity index (χ1n) is 5.00. The Balaban J connectivity index is 2.57. The zero-order chi connectivity index (χ0) is 11.3. The predicted molar refractivity (Wildman–Crippen MR) is 55.6 cm³/mol. The maximum atomic E-state index is 11.8. The molecule has 0 amide bonds. The fourth-order valence-corrected chi connectivity index (χ4v) is 3.37. The lowest BCUT2D eigenvalue weighted by Gasteiger charge is -2.18. The molecule has 5 nitrogen and oxygen atoms in total. The van der Waals surface area contributed by atoms with Crippen LogP contribution in [0.3, 0.4) is 0 Å². The second-order valence-corrected chi connectivity index (χ2v) is 5.60. The average Bonchev–Trinajstić information content (AvgIpc) is 2.66. The van der Waals surface area contributed by atoms with Gasteiger partial charge in [-0.15, -0.1) is 0 Å². The molecule has 0 aromatic heterocycles. The molecule has 0 saturated carbocycles. The highest BCUT2D eigenvalue weighted by Gasteiger charge is 2.33. The lowest BCUT2D eigenvalue weighted by molar-refractivity contribution is 0.199. The van der Waals surface area contributed by atoms with Gasteiger partial charge in [0.05, 0.1) is 11.8 Å². The molecule has 0 N–H and O–H groups in total. The molecule has 1 atom stereocenters. The molecule has 15 heavy (non-hydrogen) atoms. The second kappa shape index (κ2) is 5.45. The summed E-state index contributed by atoms with van der Waals surface area (Å²) in [5, 5.41) is 8.79. The Bertz CT molecular complexity index is 334. The Hall–Kier alpha value is -0.640. The Kier molecular flexibility index (Phi) is 4.51. The van der Waals surface area contributed by atoms with Gasteiger partial charge in [0.2, 0.25) is 10.0 Å². The first-order chi connectivity index (χ1) is 7.11. The van der Waals surface area contributed by atoms with Gasteiger partial charge in [0.1, 0.15) is 6.04 Å². The lowest BCUT2D eigenvalue weighted by Crippen LogP contribution is -2.36. The van der Waals surface area contributed by atoms with Crippen LogP contribution in [0.4, 0.5) is 0 Å². The number of nitrogens with zero attached hydrogens (tertiary/aromatic N) is 2. The summed E-state index contributed by atoms with van der Waals surface area (Å²) in [5.74, 6) is 0.0685. The standard InChI is InChI=1S/C9H16N2O3S/c1-14-6-3-7-15(12,13)11-5-2-4-9(11)8-10/h9H,2-7H2,1H3. The third kappa shape index (κ3) is 3.16. The van der Waals surface area contributed by atoms with Crippen LogP contribution in [0, 0.1) is 11.3 Å². The minimum absolute atomic E-state index is 0.0685. The van der Waals surface area contributed by atoms with Crippen molar-refractivity contribution in [2.75, 3.05) is 26.0 Å². The van der Waals surface area contributed by atoms with E-state index in [1.54, 1.807) is 7.11 Å². The molecule has 6 heteroatoms. The van der Waals surface area contributed by atoms with Gasteiger partial charge in [-0.05, 0) is 19.3 Å². The molecule has 1 aliphatic rings. The molecule has 0 bridgehead atoms. The second-order valence-electron chi connectivity index (χ2n) is 3.56. The van der Waals surface area contributed by atoms with Crippen molar-refractivity contribution in [1.29, 1.82) is 5.26 Å². The topological polar surface area (TPSA) is 70.4 Å². The monoisotopic (exact) mass is 232 g/mol. The van der Waals surface area contributed by atoms with E-state index < -0.39 is 16.1 Å². The molecule has 1 aliphatic heterocycles. The van der Waals surface area contributed by atoms with Crippen LogP contribution >= 0.6 is 0 Å². The van der Waals surface area contributed by atoms with E-state index in [-0.39, 0.29) is 5.75 Å². The van der Waals surface area contributed by atoms with Gasteiger partial charge in [-0.1, -0.05) is 0 Å². The smallest absolute Gasteiger partial charge is 0.215 e. The molecule has 1 unspecified atom stereocenters. The summed E-state index contributed by atoms with van der Waals surface area (Å²) in [4.78, 5) is 0. The van der Waals surface area contributed by atoms with E-state index >= 15 is 0 Å². The third-order valence-corrected chi connectivity index (χ3v) is 4.42. The van der Waals surface area contributed by atoms with Crippen LogP contribution in [0.1, 0.15) is 19.3 Å².